The van der Waals surface area contributed by atoms with E-state index in [2.05, 4.69) is 20.4 Å². The quantitative estimate of drug-likeness (QED) is 0.807. The van der Waals surface area contributed by atoms with Crippen LogP contribution in [-0.4, -0.2) is 32.5 Å². The number of carbonyl (C=O) groups excluding carboxylic acids is 2. The van der Waals surface area contributed by atoms with Gasteiger partial charge in [-0.2, -0.15) is 9.80 Å². The summed E-state index contributed by atoms with van der Waals surface area (Å²) in [7, 11) is 0. The highest BCUT2D eigenvalue weighted by atomic mass is 32.1. The molecule has 1 aliphatic rings. The Morgan fingerprint density at radius 2 is 1.00 bits per heavy atom. The predicted octanol–water partition coefficient (Wildman–Crippen LogP) is 3.55. The Balaban J connectivity index is 1.82. The Morgan fingerprint density at radius 1 is 0.667 bits per heavy atom. The van der Waals surface area contributed by atoms with Crippen LogP contribution >= 0.6 is 22.7 Å². The molecule has 3 heterocycles. The molecule has 8 nitrogen and oxygen atoms in total. The van der Waals surface area contributed by atoms with E-state index in [-0.39, 0.29) is 21.1 Å². The van der Waals surface area contributed by atoms with Crippen molar-refractivity contribution in [3.63, 3.8) is 0 Å². The molecule has 128 valence electrons. The van der Waals surface area contributed by atoms with Crippen LogP contribution in [0.15, 0.2) is 0 Å². The first kappa shape index (κ1) is 16.9. The van der Waals surface area contributed by atoms with Gasteiger partial charge in [0, 0.05) is 10.8 Å². The lowest BCUT2D eigenvalue weighted by atomic mass is 9.98. The molecule has 0 spiro atoms. The van der Waals surface area contributed by atoms with Crippen molar-refractivity contribution >= 4 is 45.0 Å². The maximum atomic E-state index is 12.4. The van der Waals surface area contributed by atoms with E-state index in [1.807, 2.05) is 41.5 Å². The molecular weight excluding hydrogens is 348 g/mol. The number of imide groups is 2. The maximum Gasteiger partial charge on any atom is 0.349 e. The Labute approximate surface area is 147 Å². The van der Waals surface area contributed by atoms with Gasteiger partial charge in [0.25, 0.3) is 0 Å². The predicted molar refractivity (Wildman–Crippen MR) is 93.0 cm³/mol. The molecule has 0 aromatic carbocycles. The minimum atomic E-state index is -0.479. The van der Waals surface area contributed by atoms with E-state index in [0.717, 1.165) is 19.8 Å². The van der Waals surface area contributed by atoms with Gasteiger partial charge in [0.05, 0.1) is 0 Å². The summed E-state index contributed by atoms with van der Waals surface area (Å²) >= 11 is 2.48. The first-order chi connectivity index (χ1) is 11.0. The van der Waals surface area contributed by atoms with E-state index >= 15 is 0 Å². The Kier molecular flexibility index (Phi) is 3.72. The number of carbonyl (C=O) groups is 2. The van der Waals surface area contributed by atoms with Gasteiger partial charge in [-0.3, -0.25) is 0 Å². The molecule has 2 aromatic rings. The molecule has 2 aromatic heterocycles. The van der Waals surface area contributed by atoms with Crippen molar-refractivity contribution < 1.29 is 9.59 Å². The fourth-order valence-electron chi connectivity index (χ4n) is 1.86. The number of amides is 4. The van der Waals surface area contributed by atoms with E-state index in [4.69, 9.17) is 0 Å². The van der Waals surface area contributed by atoms with Crippen LogP contribution in [0.3, 0.4) is 0 Å². The molecule has 0 N–H and O–H groups in total. The second-order valence-electron chi connectivity index (χ2n) is 7.52. The molecule has 3 rings (SSSR count). The van der Waals surface area contributed by atoms with Crippen LogP contribution < -0.4 is 9.80 Å². The van der Waals surface area contributed by atoms with Gasteiger partial charge in [-0.1, -0.05) is 64.2 Å². The standard InChI is InChI=1S/C14H18N6O2S2/c1-13(2,3)7-15-17-9(23-7)19-11(21)20(12(19)22)10-18-16-8(24-10)14(4,5)6/h1-6H3. The molecule has 1 aliphatic heterocycles. The second-order valence-corrected chi connectivity index (χ2v) is 9.43. The topological polar surface area (TPSA) is 92.2 Å². The third kappa shape index (κ3) is 2.69. The molecule has 0 saturated carbocycles. The molecule has 1 fully saturated rings. The summed E-state index contributed by atoms with van der Waals surface area (Å²) in [6.07, 6.45) is 0. The summed E-state index contributed by atoms with van der Waals surface area (Å²) in [5.41, 5.74) is -0.374. The van der Waals surface area contributed by atoms with Crippen LogP contribution in [0.1, 0.15) is 51.6 Å². The molecule has 1 saturated heterocycles. The molecule has 0 atom stereocenters. The number of nitrogens with zero attached hydrogens (tertiary/aromatic N) is 6. The van der Waals surface area contributed by atoms with Crippen molar-refractivity contribution in [2.24, 2.45) is 0 Å². The summed E-state index contributed by atoms with van der Waals surface area (Å²) in [5, 5.41) is 18.2. The first-order valence-electron chi connectivity index (χ1n) is 7.36. The number of urea groups is 2. The van der Waals surface area contributed by atoms with Gasteiger partial charge in [-0.15, -0.1) is 20.4 Å². The summed E-state index contributed by atoms with van der Waals surface area (Å²) in [5.74, 6) is 0. The van der Waals surface area contributed by atoms with Crippen molar-refractivity contribution in [1.82, 2.24) is 20.4 Å². The van der Waals surface area contributed by atoms with Crippen molar-refractivity contribution in [3.05, 3.63) is 10.0 Å². The minimum Gasteiger partial charge on any atom is -0.246 e. The Bertz CT molecular complexity index is 734. The maximum absolute atomic E-state index is 12.4. The third-order valence-electron chi connectivity index (χ3n) is 3.26. The molecule has 0 aliphatic carbocycles. The fraction of sp³-hybridized carbons (Fsp3) is 0.571. The highest BCUT2D eigenvalue weighted by Crippen LogP contribution is 2.37. The molecule has 24 heavy (non-hydrogen) atoms. The number of hydrogen-bond acceptors (Lipinski definition) is 8. The van der Waals surface area contributed by atoms with E-state index in [1.54, 1.807) is 0 Å². The van der Waals surface area contributed by atoms with E-state index < -0.39 is 12.1 Å². The zero-order valence-corrected chi connectivity index (χ0v) is 15.9. The summed E-state index contributed by atoms with van der Waals surface area (Å²) < 4.78 is 0. The van der Waals surface area contributed by atoms with Crippen molar-refractivity contribution in [2.45, 2.75) is 52.4 Å². The normalized spacial score (nSPS) is 15.9. The summed E-state index contributed by atoms with van der Waals surface area (Å²) in [6, 6.07) is -0.957. The van der Waals surface area contributed by atoms with E-state index in [0.29, 0.717) is 0 Å². The first-order valence-corrected chi connectivity index (χ1v) is 8.99. The number of aromatic nitrogens is 4. The van der Waals surface area contributed by atoms with E-state index in [9.17, 15) is 9.59 Å². The van der Waals surface area contributed by atoms with Crippen molar-refractivity contribution in [1.29, 1.82) is 0 Å². The van der Waals surface area contributed by atoms with Crippen LogP contribution in [0.25, 0.3) is 0 Å². The smallest absolute Gasteiger partial charge is 0.246 e. The lowest BCUT2D eigenvalue weighted by molar-refractivity contribution is 0.226. The number of rotatable bonds is 2. The van der Waals surface area contributed by atoms with Gasteiger partial charge in [0.1, 0.15) is 10.0 Å². The zero-order chi connectivity index (χ0) is 17.9. The molecule has 0 unspecified atom stereocenters. The molecule has 0 radical (unpaired) electrons. The van der Waals surface area contributed by atoms with Gasteiger partial charge in [0.15, 0.2) is 0 Å². The van der Waals surface area contributed by atoms with Gasteiger partial charge >= 0.3 is 12.1 Å². The average molecular weight is 366 g/mol. The Hall–Kier alpha value is -1.94. The second kappa shape index (κ2) is 5.28. The van der Waals surface area contributed by atoms with Crippen molar-refractivity contribution in [3.8, 4) is 0 Å². The highest BCUT2D eigenvalue weighted by molar-refractivity contribution is 7.17. The summed E-state index contributed by atoms with van der Waals surface area (Å²) in [4.78, 5) is 26.8. The highest BCUT2D eigenvalue weighted by Gasteiger charge is 2.50. The molecule has 4 amide bonds. The van der Waals surface area contributed by atoms with Gasteiger partial charge in [-0.25, -0.2) is 9.59 Å². The largest absolute Gasteiger partial charge is 0.349 e. The Morgan fingerprint density at radius 3 is 1.25 bits per heavy atom. The molecule has 0 bridgehead atoms. The average Bonchev–Trinajstić information content (AvgIpc) is 3.07. The lowest BCUT2D eigenvalue weighted by Gasteiger charge is -2.34. The SMILES string of the molecule is CC(C)(C)c1nnc(N2C(=O)N(c3nnc(C(C)(C)C)s3)C2=O)s1. The number of anilines is 2. The van der Waals surface area contributed by atoms with Crippen LogP contribution in [0.2, 0.25) is 0 Å². The van der Waals surface area contributed by atoms with Crippen LogP contribution in [0.4, 0.5) is 19.9 Å². The van der Waals surface area contributed by atoms with Crippen molar-refractivity contribution in [2.75, 3.05) is 9.80 Å². The van der Waals surface area contributed by atoms with Gasteiger partial charge in [0.2, 0.25) is 10.3 Å². The van der Waals surface area contributed by atoms with E-state index in [1.165, 1.54) is 22.7 Å². The molecular formula is C14H18N6O2S2. The fourth-order valence-corrected chi connectivity index (χ4v) is 3.64. The number of hydrogen-bond donors (Lipinski definition) is 0. The minimum absolute atomic E-state index is 0.187. The lowest BCUT2D eigenvalue weighted by Crippen LogP contribution is -2.64. The summed E-state index contributed by atoms with van der Waals surface area (Å²) in [6.45, 7) is 12.0. The monoisotopic (exact) mass is 366 g/mol. The zero-order valence-electron chi connectivity index (χ0n) is 14.3. The van der Waals surface area contributed by atoms with Gasteiger partial charge in [-0.05, 0) is 0 Å². The van der Waals surface area contributed by atoms with Crippen LogP contribution in [0, 0.1) is 0 Å². The molecule has 10 heteroatoms. The van der Waals surface area contributed by atoms with Crippen LogP contribution in [-0.2, 0) is 10.8 Å². The third-order valence-corrected chi connectivity index (χ3v) is 5.93. The van der Waals surface area contributed by atoms with Gasteiger partial charge < -0.3 is 0 Å². The van der Waals surface area contributed by atoms with Crippen LogP contribution in [0.5, 0.6) is 0 Å².